The molecule has 7 heteroatoms. The van der Waals surface area contributed by atoms with Crippen molar-refractivity contribution in [3.05, 3.63) is 53.6 Å². The number of hydrogen-bond donors (Lipinski definition) is 0. The van der Waals surface area contributed by atoms with Crippen LogP contribution in [0, 0.1) is 0 Å². The maximum Gasteiger partial charge on any atom is 0.343 e. The fraction of sp³-hybridized carbons (Fsp3) is 0.200. The van der Waals surface area contributed by atoms with E-state index >= 15 is 0 Å². The molecule has 2 aromatic carbocycles. The van der Waals surface area contributed by atoms with Gasteiger partial charge in [0.2, 0.25) is 0 Å². The predicted molar refractivity (Wildman–Crippen MR) is 98.5 cm³/mol. The zero-order valence-electron chi connectivity index (χ0n) is 15.5. The third-order valence-corrected chi connectivity index (χ3v) is 3.62. The van der Waals surface area contributed by atoms with Crippen molar-refractivity contribution in [1.82, 2.24) is 0 Å². The number of carbonyl (C=O) groups is 2. The van der Waals surface area contributed by atoms with Gasteiger partial charge in [-0.15, -0.1) is 0 Å². The van der Waals surface area contributed by atoms with Gasteiger partial charge < -0.3 is 23.7 Å². The zero-order chi connectivity index (χ0) is 19.8. The lowest BCUT2D eigenvalue weighted by molar-refractivity contribution is -0.134. The Bertz CT molecular complexity index is 855. The minimum absolute atomic E-state index is 0.243. The van der Waals surface area contributed by atoms with E-state index in [4.69, 9.17) is 18.9 Å². The van der Waals surface area contributed by atoms with Gasteiger partial charge in [-0.2, -0.15) is 0 Å². The van der Waals surface area contributed by atoms with Gasteiger partial charge in [0.15, 0.2) is 23.0 Å². The highest BCUT2D eigenvalue weighted by Crippen LogP contribution is 2.31. The van der Waals surface area contributed by atoms with Crippen LogP contribution < -0.4 is 18.9 Å². The minimum atomic E-state index is -0.577. The van der Waals surface area contributed by atoms with E-state index in [9.17, 15) is 9.59 Å². The Kier molecular flexibility index (Phi) is 6.82. The fourth-order valence-electron chi connectivity index (χ4n) is 2.23. The highest BCUT2D eigenvalue weighted by Gasteiger charge is 2.15. The van der Waals surface area contributed by atoms with Crippen LogP contribution in [-0.4, -0.2) is 40.4 Å². The third kappa shape index (κ3) is 5.01. The van der Waals surface area contributed by atoms with Crippen LogP contribution >= 0.6 is 0 Å². The maximum absolute atomic E-state index is 12.4. The molecule has 0 aliphatic carbocycles. The molecule has 0 N–H and O–H groups in total. The summed E-state index contributed by atoms with van der Waals surface area (Å²) in [6.45, 7) is 0. The monoisotopic (exact) mass is 372 g/mol. The van der Waals surface area contributed by atoms with E-state index < -0.39 is 11.9 Å². The summed E-state index contributed by atoms with van der Waals surface area (Å²) in [4.78, 5) is 23.6. The molecule has 0 amide bonds. The first-order valence-corrected chi connectivity index (χ1v) is 7.90. The minimum Gasteiger partial charge on any atom is -0.493 e. The summed E-state index contributed by atoms with van der Waals surface area (Å²) in [5, 5.41) is 0. The molecule has 0 bridgehead atoms. The van der Waals surface area contributed by atoms with Crippen molar-refractivity contribution in [2.45, 2.75) is 0 Å². The van der Waals surface area contributed by atoms with E-state index in [0.29, 0.717) is 28.4 Å². The Morgan fingerprint density at radius 3 is 2.04 bits per heavy atom. The first-order valence-electron chi connectivity index (χ1n) is 7.90. The molecule has 0 aromatic heterocycles. The molecule has 0 aliphatic rings. The Balaban J connectivity index is 2.22. The summed E-state index contributed by atoms with van der Waals surface area (Å²) in [6.07, 6.45) is 2.85. The van der Waals surface area contributed by atoms with Crippen molar-refractivity contribution in [2.24, 2.45) is 0 Å². The van der Waals surface area contributed by atoms with Crippen molar-refractivity contribution < 1.29 is 33.3 Å². The van der Waals surface area contributed by atoms with Crippen molar-refractivity contribution >= 4 is 18.0 Å². The summed E-state index contributed by atoms with van der Waals surface area (Å²) < 4.78 is 25.6. The van der Waals surface area contributed by atoms with E-state index in [-0.39, 0.29) is 5.75 Å². The molecule has 0 radical (unpaired) electrons. The van der Waals surface area contributed by atoms with Crippen LogP contribution in [0.3, 0.4) is 0 Å². The van der Waals surface area contributed by atoms with Gasteiger partial charge in [0.1, 0.15) is 0 Å². The fourth-order valence-corrected chi connectivity index (χ4v) is 2.23. The van der Waals surface area contributed by atoms with Gasteiger partial charge in [0.05, 0.1) is 34.0 Å². The topological polar surface area (TPSA) is 80.3 Å². The molecular weight excluding hydrogens is 352 g/mol. The van der Waals surface area contributed by atoms with Crippen molar-refractivity contribution in [3.8, 4) is 23.0 Å². The number of ether oxygens (including phenoxy) is 5. The summed E-state index contributed by atoms with van der Waals surface area (Å²) in [7, 11) is 5.74. The van der Waals surface area contributed by atoms with Crippen LogP contribution in [0.2, 0.25) is 0 Å². The highest BCUT2D eigenvalue weighted by atomic mass is 16.6. The Hall–Kier alpha value is -3.48. The second-order valence-electron chi connectivity index (χ2n) is 5.23. The molecule has 0 heterocycles. The Labute approximate surface area is 157 Å². The van der Waals surface area contributed by atoms with E-state index in [0.717, 1.165) is 0 Å². The number of hydrogen-bond acceptors (Lipinski definition) is 7. The molecular formula is C20H20O7. The molecule has 0 saturated carbocycles. The number of rotatable bonds is 7. The normalized spacial score (nSPS) is 10.4. The third-order valence-electron chi connectivity index (χ3n) is 3.62. The average Bonchev–Trinajstić information content (AvgIpc) is 2.71. The van der Waals surface area contributed by atoms with E-state index in [1.54, 1.807) is 36.4 Å². The number of methoxy groups -OCH3 is 4. The van der Waals surface area contributed by atoms with Gasteiger partial charge in [-0.1, -0.05) is 6.07 Å². The summed E-state index contributed by atoms with van der Waals surface area (Å²) >= 11 is 0. The standard InChI is InChI=1S/C20H20O7/c1-23-15-9-7-14(12-18(15)25-3)20(22)27-16-8-5-13(11-17(16)24-2)6-10-19(21)26-4/h5-12H,1-4H3/b10-6+. The van der Waals surface area contributed by atoms with Crippen LogP contribution in [0.25, 0.3) is 6.08 Å². The van der Waals surface area contributed by atoms with Gasteiger partial charge in [-0.05, 0) is 42.0 Å². The molecule has 142 valence electrons. The molecule has 27 heavy (non-hydrogen) atoms. The lowest BCUT2D eigenvalue weighted by Gasteiger charge is -2.12. The Morgan fingerprint density at radius 1 is 0.778 bits per heavy atom. The Morgan fingerprint density at radius 2 is 1.41 bits per heavy atom. The van der Waals surface area contributed by atoms with Gasteiger partial charge in [0, 0.05) is 6.08 Å². The number of benzene rings is 2. The van der Waals surface area contributed by atoms with E-state index in [1.165, 1.54) is 40.6 Å². The van der Waals surface area contributed by atoms with Gasteiger partial charge in [-0.3, -0.25) is 0 Å². The molecule has 2 aromatic rings. The van der Waals surface area contributed by atoms with Crippen molar-refractivity contribution in [3.63, 3.8) is 0 Å². The SMILES string of the molecule is COC(=O)/C=C/c1ccc(OC(=O)c2ccc(OC)c(OC)c2)c(OC)c1. The molecule has 0 spiro atoms. The van der Waals surface area contributed by atoms with Crippen molar-refractivity contribution in [2.75, 3.05) is 28.4 Å². The van der Waals surface area contributed by atoms with Crippen LogP contribution in [0.4, 0.5) is 0 Å². The quantitative estimate of drug-likeness (QED) is 0.420. The molecule has 2 rings (SSSR count). The summed E-state index contributed by atoms with van der Waals surface area (Å²) in [6, 6.07) is 9.61. The summed E-state index contributed by atoms with van der Waals surface area (Å²) in [5.74, 6) is 0.462. The molecule has 0 fully saturated rings. The summed E-state index contributed by atoms with van der Waals surface area (Å²) in [5.41, 5.74) is 0.979. The second kappa shape index (κ2) is 9.28. The largest absolute Gasteiger partial charge is 0.493 e. The second-order valence-corrected chi connectivity index (χ2v) is 5.23. The van der Waals surface area contributed by atoms with Crippen LogP contribution in [0.5, 0.6) is 23.0 Å². The van der Waals surface area contributed by atoms with Gasteiger partial charge in [-0.25, -0.2) is 9.59 Å². The van der Waals surface area contributed by atoms with Crippen LogP contribution in [0.1, 0.15) is 15.9 Å². The maximum atomic E-state index is 12.4. The van der Waals surface area contributed by atoms with E-state index in [2.05, 4.69) is 4.74 Å². The smallest absolute Gasteiger partial charge is 0.343 e. The predicted octanol–water partition coefficient (Wildman–Crippen LogP) is 3.12. The molecule has 0 atom stereocenters. The average molecular weight is 372 g/mol. The number of esters is 2. The van der Waals surface area contributed by atoms with Gasteiger partial charge in [0.25, 0.3) is 0 Å². The lowest BCUT2D eigenvalue weighted by Crippen LogP contribution is -2.09. The van der Waals surface area contributed by atoms with Crippen LogP contribution in [-0.2, 0) is 9.53 Å². The molecule has 0 unspecified atom stereocenters. The molecule has 0 saturated heterocycles. The first kappa shape index (κ1) is 19.8. The van der Waals surface area contributed by atoms with Crippen molar-refractivity contribution in [1.29, 1.82) is 0 Å². The first-order chi connectivity index (χ1) is 13.0. The van der Waals surface area contributed by atoms with Gasteiger partial charge >= 0.3 is 11.9 Å². The zero-order valence-corrected chi connectivity index (χ0v) is 15.5. The number of carbonyl (C=O) groups excluding carboxylic acids is 2. The lowest BCUT2D eigenvalue weighted by atomic mass is 10.1. The van der Waals surface area contributed by atoms with Crippen LogP contribution in [0.15, 0.2) is 42.5 Å². The highest BCUT2D eigenvalue weighted by molar-refractivity contribution is 5.92. The molecule has 7 nitrogen and oxygen atoms in total. The van der Waals surface area contributed by atoms with E-state index in [1.807, 2.05) is 0 Å². The molecule has 0 aliphatic heterocycles.